The van der Waals surface area contributed by atoms with Gasteiger partial charge >= 0.3 is 6.18 Å². The quantitative estimate of drug-likeness (QED) is 0.761. The molecule has 1 aromatic heterocycles. The summed E-state index contributed by atoms with van der Waals surface area (Å²) in [7, 11) is 0. The molecule has 22 heavy (non-hydrogen) atoms. The highest BCUT2D eigenvalue weighted by Gasteiger charge is 2.45. The van der Waals surface area contributed by atoms with E-state index >= 15 is 0 Å². The maximum absolute atomic E-state index is 13.4. The molecule has 0 spiro atoms. The number of pyridine rings is 1. The summed E-state index contributed by atoms with van der Waals surface area (Å²) in [5.41, 5.74) is 1.65. The molecule has 2 heterocycles. The fourth-order valence-electron chi connectivity index (χ4n) is 2.79. The monoisotopic (exact) mass is 326 g/mol. The minimum absolute atomic E-state index is 0.0595. The van der Waals surface area contributed by atoms with Crippen molar-refractivity contribution in [2.24, 2.45) is 0 Å². The minimum atomic E-state index is -4.33. The second-order valence-corrected chi connectivity index (χ2v) is 5.82. The summed E-state index contributed by atoms with van der Waals surface area (Å²) in [4.78, 5) is 5.72. The molecule has 0 fully saturated rings. The van der Waals surface area contributed by atoms with Gasteiger partial charge in [0.1, 0.15) is 11.1 Å². The fraction of sp³-hybridized carbons (Fsp3) is 0.312. The molecule has 2 nitrogen and oxygen atoms in total. The van der Waals surface area contributed by atoms with E-state index in [4.69, 9.17) is 11.6 Å². The van der Waals surface area contributed by atoms with Gasteiger partial charge in [-0.15, -0.1) is 0 Å². The largest absolute Gasteiger partial charge is 0.398 e. The maximum Gasteiger partial charge on any atom is 0.398 e. The number of fused-ring (bicyclic) bond motifs is 1. The first-order valence-electron chi connectivity index (χ1n) is 6.92. The van der Waals surface area contributed by atoms with Crippen molar-refractivity contribution in [3.05, 3.63) is 64.4 Å². The normalized spacial score (nSPS) is 19.0. The van der Waals surface area contributed by atoms with Crippen LogP contribution in [0.4, 0.5) is 13.2 Å². The van der Waals surface area contributed by atoms with E-state index in [9.17, 15) is 13.2 Å². The van der Waals surface area contributed by atoms with Crippen molar-refractivity contribution in [3.8, 4) is 0 Å². The molecular weight excluding hydrogens is 313 g/mol. The Labute approximate surface area is 131 Å². The van der Waals surface area contributed by atoms with Crippen molar-refractivity contribution in [3.63, 3.8) is 0 Å². The number of halogens is 4. The fourth-order valence-corrected chi connectivity index (χ4v) is 2.94. The van der Waals surface area contributed by atoms with Crippen LogP contribution >= 0.6 is 11.6 Å². The summed E-state index contributed by atoms with van der Waals surface area (Å²) < 4.78 is 40.1. The molecule has 0 bridgehead atoms. The second-order valence-electron chi connectivity index (χ2n) is 5.43. The molecule has 116 valence electrons. The predicted octanol–water partition coefficient (Wildman–Crippen LogP) is 4.40. The van der Waals surface area contributed by atoms with Gasteiger partial charge in [-0.3, -0.25) is 4.90 Å². The highest BCUT2D eigenvalue weighted by molar-refractivity contribution is 6.29. The van der Waals surface area contributed by atoms with Gasteiger partial charge in [0, 0.05) is 19.6 Å². The third-order valence-electron chi connectivity index (χ3n) is 3.79. The number of hydrogen-bond donors (Lipinski definition) is 0. The highest BCUT2D eigenvalue weighted by atomic mass is 35.5. The molecule has 1 aliphatic rings. The first kappa shape index (κ1) is 15.3. The molecule has 0 saturated carbocycles. The Morgan fingerprint density at radius 3 is 2.55 bits per heavy atom. The van der Waals surface area contributed by atoms with Crippen LogP contribution in [0.5, 0.6) is 0 Å². The zero-order chi connectivity index (χ0) is 15.7. The topological polar surface area (TPSA) is 16.1 Å². The van der Waals surface area contributed by atoms with Crippen molar-refractivity contribution in [1.82, 2.24) is 9.88 Å². The van der Waals surface area contributed by atoms with Gasteiger partial charge in [0.05, 0.1) is 5.69 Å². The molecule has 0 aliphatic carbocycles. The third-order valence-corrected chi connectivity index (χ3v) is 4.00. The van der Waals surface area contributed by atoms with Crippen LogP contribution < -0.4 is 0 Å². The first-order valence-corrected chi connectivity index (χ1v) is 7.29. The third kappa shape index (κ3) is 3.25. The molecule has 1 aromatic carbocycles. The van der Waals surface area contributed by atoms with Crippen LogP contribution in [0.2, 0.25) is 5.15 Å². The van der Waals surface area contributed by atoms with Crippen molar-refractivity contribution < 1.29 is 13.2 Å². The maximum atomic E-state index is 13.4. The summed E-state index contributed by atoms with van der Waals surface area (Å²) in [6, 6.07) is 12.7. The summed E-state index contributed by atoms with van der Waals surface area (Å²) in [5.74, 6) is -1.60. The summed E-state index contributed by atoms with van der Waals surface area (Å²) in [6.07, 6.45) is -4.33. The van der Waals surface area contributed by atoms with Crippen molar-refractivity contribution >= 4 is 11.6 Å². The Hall–Kier alpha value is -1.59. The average Bonchev–Trinajstić information content (AvgIpc) is 2.47. The number of nitrogens with zero attached hydrogens (tertiary/aromatic N) is 2. The van der Waals surface area contributed by atoms with E-state index in [1.165, 1.54) is 0 Å². The zero-order valence-corrected chi connectivity index (χ0v) is 12.4. The van der Waals surface area contributed by atoms with Gasteiger partial charge in [-0.05, 0) is 17.2 Å². The molecule has 3 rings (SSSR count). The standard InChI is InChI=1S/C16H14ClF3N2/c17-14-7-6-12-9-22(8-11-4-2-1-3-5-11)10-13(15(12)21-14)16(18,19)20/h1-7,13H,8-10H2. The van der Waals surface area contributed by atoms with Crippen molar-refractivity contribution in [1.29, 1.82) is 0 Å². The number of benzene rings is 1. The number of rotatable bonds is 2. The SMILES string of the molecule is FC(F)(F)C1CN(Cc2ccccc2)Cc2ccc(Cl)nc21. The molecule has 1 aliphatic heterocycles. The van der Waals surface area contributed by atoms with Gasteiger partial charge < -0.3 is 0 Å². The molecule has 0 N–H and O–H groups in total. The molecule has 6 heteroatoms. The van der Waals surface area contributed by atoms with E-state index in [-0.39, 0.29) is 17.4 Å². The Balaban J connectivity index is 1.90. The average molecular weight is 327 g/mol. The predicted molar refractivity (Wildman–Crippen MR) is 78.6 cm³/mol. The smallest absolute Gasteiger partial charge is 0.294 e. The van der Waals surface area contributed by atoms with E-state index in [1.54, 1.807) is 17.0 Å². The van der Waals surface area contributed by atoms with Gasteiger partial charge in [-0.1, -0.05) is 48.0 Å². The van der Waals surface area contributed by atoms with E-state index < -0.39 is 12.1 Å². The van der Waals surface area contributed by atoms with Gasteiger partial charge in [0.25, 0.3) is 0 Å². The van der Waals surface area contributed by atoms with Crippen LogP contribution in [0.25, 0.3) is 0 Å². The number of alkyl halides is 3. The van der Waals surface area contributed by atoms with E-state index in [0.717, 1.165) is 5.56 Å². The first-order chi connectivity index (χ1) is 10.4. The Kier molecular flexibility index (Phi) is 4.10. The van der Waals surface area contributed by atoms with E-state index in [1.807, 2.05) is 30.3 Å². The van der Waals surface area contributed by atoms with Gasteiger partial charge in [0.15, 0.2) is 0 Å². The summed E-state index contributed by atoms with van der Waals surface area (Å²) in [6.45, 7) is 0.829. The molecule has 0 saturated heterocycles. The molecule has 0 amide bonds. The van der Waals surface area contributed by atoms with Crippen molar-refractivity contribution in [2.75, 3.05) is 6.54 Å². The lowest BCUT2D eigenvalue weighted by atomic mass is 9.94. The Morgan fingerprint density at radius 2 is 1.86 bits per heavy atom. The molecule has 0 radical (unpaired) electrons. The van der Waals surface area contributed by atoms with Crippen LogP contribution in [0.1, 0.15) is 22.7 Å². The van der Waals surface area contributed by atoms with Crippen LogP contribution in [0.3, 0.4) is 0 Å². The molecule has 2 aromatic rings. The van der Waals surface area contributed by atoms with Crippen LogP contribution in [-0.2, 0) is 13.1 Å². The lowest BCUT2D eigenvalue weighted by Gasteiger charge is -2.34. The van der Waals surface area contributed by atoms with Crippen LogP contribution in [0.15, 0.2) is 42.5 Å². The van der Waals surface area contributed by atoms with Gasteiger partial charge in [0.2, 0.25) is 0 Å². The van der Waals surface area contributed by atoms with Gasteiger partial charge in [-0.2, -0.15) is 13.2 Å². The summed E-state index contributed by atoms with van der Waals surface area (Å²) in [5, 5.41) is 0.101. The lowest BCUT2D eigenvalue weighted by molar-refractivity contribution is -0.158. The Morgan fingerprint density at radius 1 is 1.14 bits per heavy atom. The molecular formula is C16H14ClF3N2. The van der Waals surface area contributed by atoms with E-state index in [0.29, 0.717) is 18.7 Å². The van der Waals surface area contributed by atoms with Crippen molar-refractivity contribution in [2.45, 2.75) is 25.2 Å². The zero-order valence-electron chi connectivity index (χ0n) is 11.6. The van der Waals surface area contributed by atoms with Crippen LogP contribution in [-0.4, -0.2) is 22.6 Å². The molecule has 1 atom stereocenters. The summed E-state index contributed by atoms with van der Waals surface area (Å²) >= 11 is 5.77. The second kappa shape index (κ2) is 5.89. The van der Waals surface area contributed by atoms with E-state index in [2.05, 4.69) is 4.98 Å². The van der Waals surface area contributed by atoms with Gasteiger partial charge in [-0.25, -0.2) is 4.98 Å². The molecule has 1 unspecified atom stereocenters. The van der Waals surface area contributed by atoms with Crippen LogP contribution in [0, 0.1) is 0 Å². The minimum Gasteiger partial charge on any atom is -0.294 e. The number of aromatic nitrogens is 1. The Bertz CT molecular complexity index is 658. The highest BCUT2D eigenvalue weighted by Crippen LogP contribution is 2.40. The lowest BCUT2D eigenvalue weighted by Crippen LogP contribution is -2.40. The number of hydrogen-bond acceptors (Lipinski definition) is 2.